The lowest BCUT2D eigenvalue weighted by Gasteiger charge is -2.34. The average molecular weight is 437 g/mol. The van der Waals surface area contributed by atoms with Crippen LogP contribution >= 0.6 is 0 Å². The molecule has 0 unspecified atom stereocenters. The zero-order chi connectivity index (χ0) is 21.3. The number of benzene rings is 2. The lowest BCUT2D eigenvalue weighted by molar-refractivity contribution is 0.369. The van der Waals surface area contributed by atoms with Gasteiger partial charge in [0.1, 0.15) is 0 Å². The van der Waals surface area contributed by atoms with E-state index in [1.54, 1.807) is 10.6 Å². The zero-order valence-corrected chi connectivity index (χ0v) is 18.3. The molecule has 2 aliphatic rings. The minimum atomic E-state index is -3.27. The fourth-order valence-electron chi connectivity index (χ4n) is 4.47. The number of rotatable bonds is 7. The number of imidazole rings is 1. The Morgan fingerprint density at radius 3 is 2.55 bits per heavy atom. The second-order valence-electron chi connectivity index (χ2n) is 8.55. The Labute approximate surface area is 184 Å². The fourth-order valence-corrected chi connectivity index (χ4v) is 6.33. The van der Waals surface area contributed by atoms with Crippen LogP contribution in [-0.2, 0) is 29.5 Å². The number of nitrogens with zero attached hydrogens (tertiary/aromatic N) is 3. The summed E-state index contributed by atoms with van der Waals surface area (Å²) in [4.78, 5) is 9.77. The molecule has 3 aromatic rings. The minimum Gasteiger partial charge on any atom is -0.361 e. The van der Waals surface area contributed by atoms with Crippen LogP contribution in [0.5, 0.6) is 0 Å². The van der Waals surface area contributed by atoms with Crippen molar-refractivity contribution in [3.05, 3.63) is 83.9 Å². The van der Waals surface area contributed by atoms with Crippen LogP contribution in [-0.4, -0.2) is 40.5 Å². The molecule has 1 N–H and O–H groups in total. The number of sulfonamides is 1. The molecule has 0 bridgehead atoms. The number of aryl methyl sites for hydroxylation is 1. The van der Waals surface area contributed by atoms with E-state index in [9.17, 15) is 8.42 Å². The van der Waals surface area contributed by atoms with Gasteiger partial charge in [0.15, 0.2) is 0 Å². The summed E-state index contributed by atoms with van der Waals surface area (Å²) in [6, 6.07) is 18.7. The summed E-state index contributed by atoms with van der Waals surface area (Å²) < 4.78 is 28.2. The molecule has 2 aromatic carbocycles. The van der Waals surface area contributed by atoms with Gasteiger partial charge in [0.05, 0.1) is 23.8 Å². The molecule has 1 saturated carbocycles. The Hall–Kier alpha value is -2.64. The Bertz CT molecular complexity index is 1110. The highest BCUT2D eigenvalue weighted by atomic mass is 32.2. The van der Waals surface area contributed by atoms with Crippen LogP contribution in [0.25, 0.3) is 0 Å². The van der Waals surface area contributed by atoms with Crippen molar-refractivity contribution in [2.45, 2.75) is 50.1 Å². The van der Waals surface area contributed by atoms with Gasteiger partial charge in [-0.05, 0) is 42.9 Å². The summed E-state index contributed by atoms with van der Waals surface area (Å²) in [5.41, 5.74) is 4.48. The molecule has 162 valence electrons. The molecule has 1 aliphatic heterocycles. The number of anilines is 1. The molecule has 31 heavy (non-hydrogen) atoms. The van der Waals surface area contributed by atoms with Gasteiger partial charge < -0.3 is 9.88 Å². The molecular weight excluding hydrogens is 408 g/mol. The van der Waals surface area contributed by atoms with E-state index in [4.69, 9.17) is 0 Å². The first kappa shape index (κ1) is 20.3. The van der Waals surface area contributed by atoms with Gasteiger partial charge in [-0.15, -0.1) is 0 Å². The van der Waals surface area contributed by atoms with Gasteiger partial charge in [-0.25, -0.2) is 13.4 Å². The van der Waals surface area contributed by atoms with E-state index >= 15 is 0 Å². The number of hydrogen-bond donors (Lipinski definition) is 1. The lowest BCUT2D eigenvalue weighted by Crippen LogP contribution is -2.44. The number of aromatic amines is 1. The van der Waals surface area contributed by atoms with Crippen LogP contribution in [0.4, 0.5) is 5.69 Å². The second-order valence-corrected chi connectivity index (χ2v) is 10.8. The monoisotopic (exact) mass is 436 g/mol. The lowest BCUT2D eigenvalue weighted by atomic mass is 10.0. The quantitative estimate of drug-likeness (QED) is 0.613. The highest BCUT2D eigenvalue weighted by Crippen LogP contribution is 2.36. The summed E-state index contributed by atoms with van der Waals surface area (Å²) in [7, 11) is -3.27. The molecule has 0 radical (unpaired) electrons. The van der Waals surface area contributed by atoms with Gasteiger partial charge in [0.2, 0.25) is 10.0 Å². The molecule has 1 atom stereocenters. The Kier molecular flexibility index (Phi) is 5.54. The third-order valence-corrected chi connectivity index (χ3v) is 8.62. The highest BCUT2D eigenvalue weighted by Gasteiger charge is 2.42. The maximum atomic E-state index is 13.2. The molecule has 0 spiro atoms. The summed E-state index contributed by atoms with van der Waals surface area (Å²) in [6.07, 6.45) is 6.90. The predicted molar refractivity (Wildman–Crippen MR) is 122 cm³/mol. The van der Waals surface area contributed by atoms with Crippen LogP contribution in [0.3, 0.4) is 0 Å². The van der Waals surface area contributed by atoms with Gasteiger partial charge in [0.25, 0.3) is 0 Å². The van der Waals surface area contributed by atoms with Crippen LogP contribution < -0.4 is 4.90 Å². The first-order valence-corrected chi connectivity index (χ1v) is 12.5. The second kappa shape index (κ2) is 8.48. The minimum absolute atomic E-state index is 0.0701. The van der Waals surface area contributed by atoms with Crippen LogP contribution in [0.1, 0.15) is 36.1 Å². The van der Waals surface area contributed by atoms with Crippen molar-refractivity contribution < 1.29 is 8.42 Å². The summed E-state index contributed by atoms with van der Waals surface area (Å²) in [5, 5.41) is -0.200. The normalized spacial score (nSPS) is 19.7. The molecule has 1 fully saturated rings. The van der Waals surface area contributed by atoms with E-state index in [0.717, 1.165) is 42.6 Å². The molecule has 0 amide bonds. The van der Waals surface area contributed by atoms with E-state index in [-0.39, 0.29) is 11.3 Å². The SMILES string of the molecule is O=S(=O)(C1CC1)N1Cc2ccccc2N(Cc2cnc[nH]2)[C@@H](CCc2ccccc2)C1. The van der Waals surface area contributed by atoms with Crippen molar-refractivity contribution in [1.82, 2.24) is 14.3 Å². The third kappa shape index (κ3) is 4.38. The van der Waals surface area contributed by atoms with Crippen molar-refractivity contribution in [3.63, 3.8) is 0 Å². The van der Waals surface area contributed by atoms with E-state index < -0.39 is 10.0 Å². The Morgan fingerprint density at radius 1 is 1.03 bits per heavy atom. The summed E-state index contributed by atoms with van der Waals surface area (Å²) in [5.74, 6) is 0. The standard InChI is InChI=1S/C24H28N4O2S/c29-31(30,23-12-13-23)27-15-20-8-4-5-9-24(20)28(16-21-14-25-18-26-21)22(17-27)11-10-19-6-2-1-3-7-19/h1-9,14,18,22-23H,10-13,15-17H2,(H,25,26)/t22-/m0/s1. The number of para-hydroxylation sites is 1. The van der Waals surface area contributed by atoms with Gasteiger partial charge in [-0.3, -0.25) is 0 Å². The number of H-pyrrole nitrogens is 1. The number of nitrogens with one attached hydrogen (secondary N) is 1. The van der Waals surface area contributed by atoms with E-state index in [0.29, 0.717) is 19.6 Å². The van der Waals surface area contributed by atoms with Crippen LogP contribution in [0.2, 0.25) is 0 Å². The first-order chi connectivity index (χ1) is 15.1. The zero-order valence-electron chi connectivity index (χ0n) is 17.5. The molecule has 1 aromatic heterocycles. The molecular formula is C24H28N4O2S. The molecule has 0 saturated heterocycles. The largest absolute Gasteiger partial charge is 0.361 e. The van der Waals surface area contributed by atoms with E-state index in [1.165, 1.54) is 5.56 Å². The predicted octanol–water partition coefficient (Wildman–Crippen LogP) is 3.73. The molecule has 7 heteroatoms. The first-order valence-electron chi connectivity index (χ1n) is 11.0. The van der Waals surface area contributed by atoms with Gasteiger partial charge >= 0.3 is 0 Å². The summed E-state index contributed by atoms with van der Waals surface area (Å²) >= 11 is 0. The summed E-state index contributed by atoms with van der Waals surface area (Å²) in [6.45, 7) is 1.62. The maximum Gasteiger partial charge on any atom is 0.217 e. The number of aromatic nitrogens is 2. The van der Waals surface area contributed by atoms with E-state index in [2.05, 4.69) is 51.3 Å². The van der Waals surface area contributed by atoms with Gasteiger partial charge in [-0.1, -0.05) is 48.5 Å². The van der Waals surface area contributed by atoms with Crippen molar-refractivity contribution in [1.29, 1.82) is 0 Å². The number of hydrogen-bond acceptors (Lipinski definition) is 4. The van der Waals surface area contributed by atoms with Crippen molar-refractivity contribution in [2.24, 2.45) is 0 Å². The maximum absolute atomic E-state index is 13.2. The highest BCUT2D eigenvalue weighted by molar-refractivity contribution is 7.90. The smallest absolute Gasteiger partial charge is 0.217 e. The van der Waals surface area contributed by atoms with Crippen LogP contribution in [0.15, 0.2) is 67.1 Å². The molecule has 1 aliphatic carbocycles. The van der Waals surface area contributed by atoms with E-state index in [1.807, 2.05) is 24.4 Å². The fraction of sp³-hybridized carbons (Fsp3) is 0.375. The molecule has 6 nitrogen and oxygen atoms in total. The number of fused-ring (bicyclic) bond motifs is 1. The van der Waals surface area contributed by atoms with Gasteiger partial charge in [-0.2, -0.15) is 4.31 Å². The molecule has 5 rings (SSSR count). The third-order valence-electron chi connectivity index (χ3n) is 6.31. The van der Waals surface area contributed by atoms with Crippen molar-refractivity contribution in [3.8, 4) is 0 Å². The van der Waals surface area contributed by atoms with Crippen LogP contribution in [0, 0.1) is 0 Å². The van der Waals surface area contributed by atoms with Crippen molar-refractivity contribution in [2.75, 3.05) is 11.4 Å². The van der Waals surface area contributed by atoms with Gasteiger partial charge in [0, 0.05) is 31.0 Å². The van der Waals surface area contributed by atoms with Crippen molar-refractivity contribution >= 4 is 15.7 Å². The average Bonchev–Trinajstić information content (AvgIpc) is 3.55. The molecule has 2 heterocycles. The Balaban J connectivity index is 1.50. The topological polar surface area (TPSA) is 69.3 Å². The Morgan fingerprint density at radius 2 is 1.81 bits per heavy atom.